The summed E-state index contributed by atoms with van der Waals surface area (Å²) in [7, 11) is 0. The first-order chi connectivity index (χ1) is 10.5. The van der Waals surface area contributed by atoms with Crippen molar-refractivity contribution in [1.29, 1.82) is 0 Å². The zero-order chi connectivity index (χ0) is 15.7. The average Bonchev–Trinajstić information content (AvgIpc) is 3.01. The standard InChI is InChI=1S/C17H27N5/c1-13-9-15(3)22(20-13)10-14(2)19-11-17(5-6-17)12-21-8-7-18-16(21)4/h7-9,14,19H,5-6,10-12H2,1-4H3. The van der Waals surface area contributed by atoms with E-state index in [9.17, 15) is 0 Å². The predicted molar refractivity (Wildman–Crippen MR) is 87.8 cm³/mol. The number of aryl methyl sites for hydroxylation is 3. The van der Waals surface area contributed by atoms with E-state index in [1.54, 1.807) is 0 Å². The number of rotatable bonds is 7. The van der Waals surface area contributed by atoms with Gasteiger partial charge in [0.1, 0.15) is 5.82 Å². The SMILES string of the molecule is Cc1cc(C)n(CC(C)NCC2(Cn3ccnc3C)CC2)n1. The fraction of sp³-hybridized carbons (Fsp3) is 0.647. The molecule has 1 saturated carbocycles. The van der Waals surface area contributed by atoms with Crippen molar-refractivity contribution in [3.05, 3.63) is 35.7 Å². The quantitative estimate of drug-likeness (QED) is 0.854. The molecule has 1 aliphatic rings. The summed E-state index contributed by atoms with van der Waals surface area (Å²) in [5.74, 6) is 1.11. The van der Waals surface area contributed by atoms with E-state index in [4.69, 9.17) is 0 Å². The van der Waals surface area contributed by atoms with E-state index in [1.165, 1.54) is 18.5 Å². The van der Waals surface area contributed by atoms with E-state index in [0.717, 1.165) is 31.2 Å². The summed E-state index contributed by atoms with van der Waals surface area (Å²) in [6, 6.07) is 2.57. The lowest BCUT2D eigenvalue weighted by molar-refractivity contribution is 0.348. The number of aromatic nitrogens is 4. The van der Waals surface area contributed by atoms with Gasteiger partial charge >= 0.3 is 0 Å². The van der Waals surface area contributed by atoms with Gasteiger partial charge in [0.25, 0.3) is 0 Å². The molecule has 1 fully saturated rings. The van der Waals surface area contributed by atoms with Gasteiger partial charge in [0, 0.05) is 42.6 Å². The van der Waals surface area contributed by atoms with Crippen LogP contribution in [0.5, 0.6) is 0 Å². The largest absolute Gasteiger partial charge is 0.335 e. The van der Waals surface area contributed by atoms with Crippen LogP contribution < -0.4 is 5.32 Å². The molecular formula is C17H27N5. The van der Waals surface area contributed by atoms with Gasteiger partial charge in [-0.1, -0.05) is 0 Å². The molecule has 5 heteroatoms. The molecule has 1 N–H and O–H groups in total. The molecule has 0 amide bonds. The Bertz CT molecular complexity index is 635. The third-order valence-corrected chi connectivity index (χ3v) is 4.76. The van der Waals surface area contributed by atoms with Crippen molar-refractivity contribution in [2.24, 2.45) is 5.41 Å². The van der Waals surface area contributed by atoms with Crippen LogP contribution in [-0.4, -0.2) is 31.9 Å². The van der Waals surface area contributed by atoms with Crippen LogP contribution in [0.1, 0.15) is 37.0 Å². The first-order valence-electron chi connectivity index (χ1n) is 8.20. The minimum Gasteiger partial charge on any atom is -0.335 e. The first kappa shape index (κ1) is 15.3. The van der Waals surface area contributed by atoms with E-state index in [2.05, 4.69) is 57.7 Å². The molecular weight excluding hydrogens is 274 g/mol. The zero-order valence-corrected chi connectivity index (χ0v) is 14.1. The van der Waals surface area contributed by atoms with Gasteiger partial charge in [-0.2, -0.15) is 5.10 Å². The molecule has 0 bridgehead atoms. The number of imidazole rings is 1. The van der Waals surface area contributed by atoms with Crippen molar-refractivity contribution < 1.29 is 0 Å². The average molecular weight is 301 g/mol. The van der Waals surface area contributed by atoms with Crippen LogP contribution >= 0.6 is 0 Å². The molecule has 3 rings (SSSR count). The Hall–Kier alpha value is -1.62. The Balaban J connectivity index is 1.51. The second-order valence-corrected chi connectivity index (χ2v) is 6.99. The lowest BCUT2D eigenvalue weighted by Gasteiger charge is -2.21. The van der Waals surface area contributed by atoms with Crippen LogP contribution in [0.3, 0.4) is 0 Å². The number of nitrogens with one attached hydrogen (secondary N) is 1. The fourth-order valence-corrected chi connectivity index (χ4v) is 3.07. The van der Waals surface area contributed by atoms with Crippen LogP contribution in [0, 0.1) is 26.2 Å². The number of hydrogen-bond acceptors (Lipinski definition) is 3. The van der Waals surface area contributed by atoms with E-state index in [1.807, 2.05) is 13.1 Å². The van der Waals surface area contributed by atoms with Crippen molar-refractivity contribution in [3.63, 3.8) is 0 Å². The molecule has 0 saturated heterocycles. The molecule has 1 atom stereocenters. The number of nitrogens with zero attached hydrogens (tertiary/aromatic N) is 4. The summed E-state index contributed by atoms with van der Waals surface area (Å²) in [4.78, 5) is 4.32. The monoisotopic (exact) mass is 301 g/mol. The predicted octanol–water partition coefficient (Wildman–Crippen LogP) is 2.46. The van der Waals surface area contributed by atoms with Gasteiger partial charge in [-0.25, -0.2) is 4.98 Å². The Morgan fingerprint density at radius 1 is 1.32 bits per heavy atom. The summed E-state index contributed by atoms with van der Waals surface area (Å²) in [5, 5.41) is 8.25. The molecule has 22 heavy (non-hydrogen) atoms. The first-order valence-corrected chi connectivity index (χ1v) is 8.20. The molecule has 0 aliphatic heterocycles. The highest BCUT2D eigenvalue weighted by Gasteiger charge is 2.42. The van der Waals surface area contributed by atoms with Crippen LogP contribution in [0.15, 0.2) is 18.5 Å². The molecule has 2 aromatic rings. The lowest BCUT2D eigenvalue weighted by atomic mass is 10.1. The Morgan fingerprint density at radius 2 is 2.09 bits per heavy atom. The molecule has 5 nitrogen and oxygen atoms in total. The van der Waals surface area contributed by atoms with E-state index in [-0.39, 0.29) is 0 Å². The Morgan fingerprint density at radius 3 is 2.64 bits per heavy atom. The van der Waals surface area contributed by atoms with Crippen LogP contribution in [0.25, 0.3) is 0 Å². The van der Waals surface area contributed by atoms with Gasteiger partial charge in [-0.15, -0.1) is 0 Å². The van der Waals surface area contributed by atoms with Crippen molar-refractivity contribution in [2.45, 2.75) is 59.7 Å². The lowest BCUT2D eigenvalue weighted by Crippen LogP contribution is -2.37. The van der Waals surface area contributed by atoms with E-state index < -0.39 is 0 Å². The van der Waals surface area contributed by atoms with Gasteiger partial charge in [0.15, 0.2) is 0 Å². The van der Waals surface area contributed by atoms with Gasteiger partial charge in [-0.05, 0) is 46.6 Å². The molecule has 1 unspecified atom stereocenters. The number of hydrogen-bond donors (Lipinski definition) is 1. The third kappa shape index (κ3) is 3.40. The van der Waals surface area contributed by atoms with Crippen LogP contribution in [0.4, 0.5) is 0 Å². The summed E-state index contributed by atoms with van der Waals surface area (Å²) in [5.41, 5.74) is 2.76. The second-order valence-electron chi connectivity index (χ2n) is 6.99. The maximum atomic E-state index is 4.55. The van der Waals surface area contributed by atoms with E-state index >= 15 is 0 Å². The minimum atomic E-state index is 0.425. The van der Waals surface area contributed by atoms with Crippen molar-refractivity contribution in [1.82, 2.24) is 24.6 Å². The summed E-state index contributed by atoms with van der Waals surface area (Å²) >= 11 is 0. The molecule has 1 aliphatic carbocycles. The molecule has 2 heterocycles. The molecule has 120 valence electrons. The second kappa shape index (κ2) is 5.88. The highest BCUT2D eigenvalue weighted by molar-refractivity contribution is 5.06. The zero-order valence-electron chi connectivity index (χ0n) is 14.1. The maximum absolute atomic E-state index is 4.55. The van der Waals surface area contributed by atoms with Gasteiger partial charge in [0.05, 0.1) is 12.2 Å². The van der Waals surface area contributed by atoms with E-state index in [0.29, 0.717) is 11.5 Å². The molecule has 0 aromatic carbocycles. The molecule has 0 radical (unpaired) electrons. The third-order valence-electron chi connectivity index (χ3n) is 4.76. The highest BCUT2D eigenvalue weighted by atomic mass is 15.3. The van der Waals surface area contributed by atoms with Gasteiger partial charge < -0.3 is 9.88 Å². The van der Waals surface area contributed by atoms with Crippen molar-refractivity contribution in [2.75, 3.05) is 6.54 Å². The highest BCUT2D eigenvalue weighted by Crippen LogP contribution is 2.46. The fourth-order valence-electron chi connectivity index (χ4n) is 3.07. The van der Waals surface area contributed by atoms with Crippen LogP contribution in [-0.2, 0) is 13.1 Å². The summed E-state index contributed by atoms with van der Waals surface area (Å²) < 4.78 is 4.38. The smallest absolute Gasteiger partial charge is 0.105 e. The summed E-state index contributed by atoms with van der Waals surface area (Å²) in [6.07, 6.45) is 6.60. The maximum Gasteiger partial charge on any atom is 0.105 e. The normalized spacial score (nSPS) is 17.6. The topological polar surface area (TPSA) is 47.7 Å². The van der Waals surface area contributed by atoms with Crippen molar-refractivity contribution in [3.8, 4) is 0 Å². The Kier molecular flexibility index (Phi) is 4.08. The summed E-state index contributed by atoms with van der Waals surface area (Å²) in [6.45, 7) is 11.6. The van der Waals surface area contributed by atoms with Crippen molar-refractivity contribution >= 4 is 0 Å². The van der Waals surface area contributed by atoms with Gasteiger partial charge in [0.2, 0.25) is 0 Å². The molecule has 2 aromatic heterocycles. The van der Waals surface area contributed by atoms with Crippen LogP contribution in [0.2, 0.25) is 0 Å². The molecule has 0 spiro atoms. The van der Waals surface area contributed by atoms with Gasteiger partial charge in [-0.3, -0.25) is 4.68 Å². The minimum absolute atomic E-state index is 0.425. The Labute approximate surface area is 132 Å².